The van der Waals surface area contributed by atoms with Crippen molar-refractivity contribution in [3.8, 4) is 11.5 Å². The lowest BCUT2D eigenvalue weighted by Gasteiger charge is -2.03. The minimum atomic E-state index is 0.180. The van der Waals surface area contributed by atoms with Crippen molar-refractivity contribution in [2.45, 2.75) is 13.5 Å². The molecule has 0 saturated carbocycles. The Morgan fingerprint density at radius 3 is 2.42 bits per heavy atom. The van der Waals surface area contributed by atoms with E-state index in [1.807, 2.05) is 67.6 Å². The maximum absolute atomic E-state index is 11.2. The normalized spacial score (nSPS) is 11.3. The molecule has 3 aromatic rings. The van der Waals surface area contributed by atoms with Crippen molar-refractivity contribution in [2.24, 2.45) is 0 Å². The molecule has 0 aliphatic heterocycles. The summed E-state index contributed by atoms with van der Waals surface area (Å²) in [5.41, 5.74) is 2.48. The van der Waals surface area contributed by atoms with Crippen LogP contribution in [0.3, 0.4) is 0 Å². The Bertz CT molecular complexity index is 836. The molecule has 0 spiro atoms. The van der Waals surface area contributed by atoms with E-state index in [9.17, 15) is 4.79 Å². The monoisotopic (exact) mass is 319 g/mol. The molecule has 0 saturated heterocycles. The SMILES string of the molecule is Cc1oc(-c2ccccc2)nc1COC(C=O)=Cc1ccccc1. The van der Waals surface area contributed by atoms with E-state index in [0.29, 0.717) is 23.6 Å². The predicted octanol–water partition coefficient (Wildman–Crippen LogP) is 4.41. The zero-order chi connectivity index (χ0) is 16.8. The Morgan fingerprint density at radius 2 is 1.75 bits per heavy atom. The van der Waals surface area contributed by atoms with Crippen molar-refractivity contribution < 1.29 is 13.9 Å². The molecule has 0 fully saturated rings. The van der Waals surface area contributed by atoms with E-state index in [1.54, 1.807) is 6.08 Å². The average molecular weight is 319 g/mol. The van der Waals surface area contributed by atoms with Crippen LogP contribution >= 0.6 is 0 Å². The number of hydrogen-bond acceptors (Lipinski definition) is 4. The number of carbonyl (C=O) groups excluding carboxylic acids is 1. The van der Waals surface area contributed by atoms with Crippen LogP contribution in [0.2, 0.25) is 0 Å². The molecule has 0 radical (unpaired) electrons. The molecule has 24 heavy (non-hydrogen) atoms. The standard InChI is InChI=1S/C20H17NO3/c1-15-19(21-20(24-15)17-10-6-3-7-11-17)14-23-18(13-22)12-16-8-4-2-5-9-16/h2-13H,14H2,1H3. The third-order valence-corrected chi connectivity index (χ3v) is 3.51. The van der Waals surface area contributed by atoms with Gasteiger partial charge in [-0.25, -0.2) is 4.98 Å². The van der Waals surface area contributed by atoms with E-state index in [1.165, 1.54) is 0 Å². The summed E-state index contributed by atoms with van der Waals surface area (Å²) in [5, 5.41) is 0. The molecular weight excluding hydrogens is 302 g/mol. The largest absolute Gasteiger partial charge is 0.484 e. The zero-order valence-corrected chi connectivity index (χ0v) is 13.3. The first-order valence-corrected chi connectivity index (χ1v) is 7.62. The molecule has 0 amide bonds. The third-order valence-electron chi connectivity index (χ3n) is 3.51. The second-order valence-corrected chi connectivity index (χ2v) is 5.25. The number of aryl methyl sites for hydroxylation is 1. The summed E-state index contributed by atoms with van der Waals surface area (Å²) in [6.45, 7) is 2.01. The molecule has 2 aromatic carbocycles. The fourth-order valence-electron chi connectivity index (χ4n) is 2.24. The third kappa shape index (κ3) is 3.79. The summed E-state index contributed by atoms with van der Waals surface area (Å²) in [6.07, 6.45) is 2.39. The minimum Gasteiger partial charge on any atom is -0.484 e. The second-order valence-electron chi connectivity index (χ2n) is 5.25. The van der Waals surface area contributed by atoms with E-state index < -0.39 is 0 Å². The molecular formula is C20H17NO3. The van der Waals surface area contributed by atoms with Crippen LogP contribution in [0.5, 0.6) is 0 Å². The molecule has 0 atom stereocenters. The lowest BCUT2D eigenvalue weighted by Crippen LogP contribution is -1.97. The van der Waals surface area contributed by atoms with Gasteiger partial charge in [0.15, 0.2) is 12.0 Å². The summed E-state index contributed by atoms with van der Waals surface area (Å²) in [4.78, 5) is 15.7. The Kier molecular flexibility index (Phi) is 4.87. The molecule has 120 valence electrons. The topological polar surface area (TPSA) is 52.3 Å². The van der Waals surface area contributed by atoms with Gasteiger partial charge in [0.2, 0.25) is 5.89 Å². The number of hydrogen-bond donors (Lipinski definition) is 0. The summed E-state index contributed by atoms with van der Waals surface area (Å²) < 4.78 is 11.3. The Morgan fingerprint density at radius 1 is 1.08 bits per heavy atom. The van der Waals surface area contributed by atoms with Gasteiger partial charge in [0, 0.05) is 5.56 Å². The first kappa shape index (κ1) is 15.7. The van der Waals surface area contributed by atoms with Crippen LogP contribution in [0.25, 0.3) is 17.5 Å². The second kappa shape index (κ2) is 7.42. The molecule has 0 bridgehead atoms. The van der Waals surface area contributed by atoms with Gasteiger partial charge < -0.3 is 9.15 Å². The fourth-order valence-corrected chi connectivity index (χ4v) is 2.24. The van der Waals surface area contributed by atoms with E-state index in [2.05, 4.69) is 4.98 Å². The molecule has 4 heteroatoms. The van der Waals surface area contributed by atoms with E-state index in [-0.39, 0.29) is 12.4 Å². The maximum Gasteiger partial charge on any atom is 0.226 e. The number of carbonyl (C=O) groups is 1. The van der Waals surface area contributed by atoms with Gasteiger partial charge in [-0.15, -0.1) is 0 Å². The lowest BCUT2D eigenvalue weighted by atomic mass is 10.2. The average Bonchev–Trinajstić information content (AvgIpc) is 3.01. The summed E-state index contributed by atoms with van der Waals surface area (Å²) >= 11 is 0. The van der Waals surface area contributed by atoms with Crippen LogP contribution < -0.4 is 0 Å². The molecule has 1 aromatic heterocycles. The van der Waals surface area contributed by atoms with Crippen LogP contribution in [0, 0.1) is 6.92 Å². The van der Waals surface area contributed by atoms with Crippen LogP contribution in [0.15, 0.2) is 70.8 Å². The van der Waals surface area contributed by atoms with Gasteiger partial charge in [0.1, 0.15) is 18.1 Å². The molecule has 0 N–H and O–H groups in total. The van der Waals surface area contributed by atoms with Gasteiger partial charge in [-0.3, -0.25) is 4.79 Å². The van der Waals surface area contributed by atoms with Gasteiger partial charge in [0.25, 0.3) is 0 Å². The van der Waals surface area contributed by atoms with Crippen molar-refractivity contribution in [3.63, 3.8) is 0 Å². The highest BCUT2D eigenvalue weighted by atomic mass is 16.5. The predicted molar refractivity (Wildman–Crippen MR) is 91.9 cm³/mol. The van der Waals surface area contributed by atoms with Gasteiger partial charge in [0.05, 0.1) is 0 Å². The Hall–Kier alpha value is -3.14. The number of aromatic nitrogens is 1. The zero-order valence-electron chi connectivity index (χ0n) is 13.3. The highest BCUT2D eigenvalue weighted by molar-refractivity contribution is 5.78. The molecule has 0 aliphatic rings. The number of allylic oxidation sites excluding steroid dienone is 1. The smallest absolute Gasteiger partial charge is 0.226 e. The Labute approximate surface area is 140 Å². The number of benzene rings is 2. The quantitative estimate of drug-likeness (QED) is 0.384. The maximum atomic E-state index is 11.2. The fraction of sp³-hybridized carbons (Fsp3) is 0.100. The molecule has 4 nitrogen and oxygen atoms in total. The van der Waals surface area contributed by atoms with Crippen LogP contribution in [-0.2, 0) is 16.1 Å². The highest BCUT2D eigenvalue weighted by Crippen LogP contribution is 2.22. The minimum absolute atomic E-state index is 0.180. The van der Waals surface area contributed by atoms with E-state index in [4.69, 9.17) is 9.15 Å². The van der Waals surface area contributed by atoms with Crippen molar-refractivity contribution in [3.05, 3.63) is 83.4 Å². The highest BCUT2D eigenvalue weighted by Gasteiger charge is 2.12. The number of ether oxygens (including phenoxy) is 1. The Balaban J connectivity index is 1.73. The molecule has 0 aliphatic carbocycles. The van der Waals surface area contributed by atoms with Crippen molar-refractivity contribution in [2.75, 3.05) is 0 Å². The van der Waals surface area contributed by atoms with Crippen LogP contribution in [-0.4, -0.2) is 11.3 Å². The van der Waals surface area contributed by atoms with Gasteiger partial charge in [-0.1, -0.05) is 48.5 Å². The van der Waals surface area contributed by atoms with Crippen LogP contribution in [0.1, 0.15) is 17.0 Å². The lowest BCUT2D eigenvalue weighted by molar-refractivity contribution is -0.107. The molecule has 0 unspecified atom stereocenters. The molecule has 3 rings (SSSR count). The van der Waals surface area contributed by atoms with Crippen LogP contribution in [0.4, 0.5) is 0 Å². The first-order valence-electron chi connectivity index (χ1n) is 7.62. The summed E-state index contributed by atoms with van der Waals surface area (Å²) in [5.74, 6) is 1.48. The van der Waals surface area contributed by atoms with Crippen molar-refractivity contribution in [1.29, 1.82) is 0 Å². The summed E-state index contributed by atoms with van der Waals surface area (Å²) in [6, 6.07) is 19.2. The number of nitrogens with zero attached hydrogens (tertiary/aromatic N) is 1. The van der Waals surface area contributed by atoms with E-state index >= 15 is 0 Å². The van der Waals surface area contributed by atoms with Gasteiger partial charge in [-0.05, 0) is 30.7 Å². The van der Waals surface area contributed by atoms with Gasteiger partial charge in [-0.2, -0.15) is 0 Å². The number of rotatable bonds is 6. The van der Waals surface area contributed by atoms with Crippen molar-refractivity contribution in [1.82, 2.24) is 4.98 Å². The summed E-state index contributed by atoms with van der Waals surface area (Å²) in [7, 11) is 0. The van der Waals surface area contributed by atoms with Crippen molar-refractivity contribution >= 4 is 12.4 Å². The van der Waals surface area contributed by atoms with Gasteiger partial charge >= 0.3 is 0 Å². The molecule has 1 heterocycles. The number of oxazole rings is 1. The first-order chi connectivity index (χ1) is 11.8. The van der Waals surface area contributed by atoms with E-state index in [0.717, 1.165) is 11.1 Å². The number of aldehydes is 1.